The normalized spacial score (nSPS) is 19.9. The van der Waals surface area contributed by atoms with E-state index in [0.717, 1.165) is 42.5 Å². The molecule has 0 spiro atoms. The Morgan fingerprint density at radius 3 is 2.96 bits per heavy atom. The molecule has 2 aromatic rings. The summed E-state index contributed by atoms with van der Waals surface area (Å²) in [6.45, 7) is 3.52. The van der Waals surface area contributed by atoms with E-state index in [0.29, 0.717) is 12.6 Å². The van der Waals surface area contributed by atoms with Gasteiger partial charge in [-0.1, -0.05) is 24.6 Å². The van der Waals surface area contributed by atoms with Crippen molar-refractivity contribution in [3.63, 3.8) is 0 Å². The summed E-state index contributed by atoms with van der Waals surface area (Å²) in [5.41, 5.74) is 0.851. The van der Waals surface area contributed by atoms with Crippen LogP contribution in [-0.4, -0.2) is 53.6 Å². The van der Waals surface area contributed by atoms with Crippen LogP contribution in [0.3, 0.4) is 0 Å². The summed E-state index contributed by atoms with van der Waals surface area (Å²) in [6, 6.07) is 10.1. The molecule has 1 aliphatic heterocycles. The Balaban J connectivity index is 1.66. The van der Waals surface area contributed by atoms with E-state index in [4.69, 9.17) is 4.42 Å². The molecule has 0 saturated carbocycles. The first-order valence-electron chi connectivity index (χ1n) is 9.19. The zero-order valence-corrected chi connectivity index (χ0v) is 15.1. The van der Waals surface area contributed by atoms with Gasteiger partial charge < -0.3 is 14.4 Å². The standard InChI is InChI=1S/C20H28N2O3/c1-15(19-13-16-7-3-4-9-18(16)25-19)21(2)20(24)14-22-11-6-5-8-17(22)10-12-23/h3-4,7,9,13,15,17,23H,5-6,8,10-12,14H2,1-2H3. The van der Waals surface area contributed by atoms with E-state index < -0.39 is 0 Å². The molecule has 3 rings (SSSR count). The van der Waals surface area contributed by atoms with Crippen molar-refractivity contribution in [3.8, 4) is 0 Å². The number of para-hydroxylation sites is 1. The first kappa shape index (κ1) is 18.0. The van der Waals surface area contributed by atoms with E-state index in [-0.39, 0.29) is 18.6 Å². The van der Waals surface area contributed by atoms with Gasteiger partial charge in [0.1, 0.15) is 11.3 Å². The number of nitrogens with zero attached hydrogens (tertiary/aromatic N) is 2. The molecule has 5 nitrogen and oxygen atoms in total. The first-order chi connectivity index (χ1) is 12.1. The number of piperidine rings is 1. The fourth-order valence-electron chi connectivity index (χ4n) is 3.64. The number of amides is 1. The third-order valence-corrected chi connectivity index (χ3v) is 5.38. The van der Waals surface area contributed by atoms with E-state index in [1.165, 1.54) is 6.42 Å². The van der Waals surface area contributed by atoms with Gasteiger partial charge in [0.05, 0.1) is 12.6 Å². The van der Waals surface area contributed by atoms with Gasteiger partial charge in [-0.25, -0.2) is 0 Å². The Morgan fingerprint density at radius 1 is 1.40 bits per heavy atom. The Kier molecular flexibility index (Phi) is 5.76. The molecule has 1 aliphatic rings. The molecule has 1 fully saturated rings. The molecule has 1 amide bonds. The molecule has 2 atom stereocenters. The molecule has 1 aromatic carbocycles. The van der Waals surface area contributed by atoms with Gasteiger partial charge in [0, 0.05) is 25.1 Å². The quantitative estimate of drug-likeness (QED) is 0.874. The molecule has 1 saturated heterocycles. The van der Waals surface area contributed by atoms with E-state index >= 15 is 0 Å². The number of carbonyl (C=O) groups excluding carboxylic acids is 1. The van der Waals surface area contributed by atoms with Crippen LogP contribution in [0.15, 0.2) is 34.7 Å². The smallest absolute Gasteiger partial charge is 0.237 e. The molecule has 1 aromatic heterocycles. The van der Waals surface area contributed by atoms with Crippen LogP contribution in [-0.2, 0) is 4.79 Å². The number of rotatable bonds is 6. The number of furan rings is 1. The van der Waals surface area contributed by atoms with Crippen molar-refractivity contribution in [1.82, 2.24) is 9.80 Å². The fraction of sp³-hybridized carbons (Fsp3) is 0.550. The number of hydrogen-bond acceptors (Lipinski definition) is 4. The summed E-state index contributed by atoms with van der Waals surface area (Å²) < 4.78 is 5.91. The molecular weight excluding hydrogens is 316 g/mol. The van der Waals surface area contributed by atoms with Crippen molar-refractivity contribution < 1.29 is 14.3 Å². The molecule has 25 heavy (non-hydrogen) atoms. The summed E-state index contributed by atoms with van der Waals surface area (Å²) in [6.07, 6.45) is 4.12. The number of carbonyl (C=O) groups is 1. The molecule has 136 valence electrons. The van der Waals surface area contributed by atoms with E-state index in [1.807, 2.05) is 44.3 Å². The third kappa shape index (κ3) is 4.05. The number of likely N-dealkylation sites (tertiary alicyclic amines) is 1. The highest BCUT2D eigenvalue weighted by molar-refractivity contribution is 5.80. The maximum absolute atomic E-state index is 12.8. The number of likely N-dealkylation sites (N-methyl/N-ethyl adjacent to an activating group) is 1. The van der Waals surface area contributed by atoms with Crippen LogP contribution < -0.4 is 0 Å². The summed E-state index contributed by atoms with van der Waals surface area (Å²) in [5, 5.41) is 10.3. The van der Waals surface area contributed by atoms with Gasteiger partial charge >= 0.3 is 0 Å². The predicted octanol–water partition coefficient (Wildman–Crippen LogP) is 3.19. The minimum atomic E-state index is -0.110. The molecule has 0 bridgehead atoms. The fourth-order valence-corrected chi connectivity index (χ4v) is 3.64. The van der Waals surface area contributed by atoms with Crippen molar-refractivity contribution in [2.45, 2.75) is 44.7 Å². The van der Waals surface area contributed by atoms with Crippen molar-refractivity contribution >= 4 is 16.9 Å². The lowest BCUT2D eigenvalue weighted by Crippen LogP contribution is -2.46. The van der Waals surface area contributed by atoms with Gasteiger partial charge in [-0.2, -0.15) is 0 Å². The number of aliphatic hydroxyl groups is 1. The van der Waals surface area contributed by atoms with E-state index in [2.05, 4.69) is 4.90 Å². The topological polar surface area (TPSA) is 56.9 Å². The van der Waals surface area contributed by atoms with Crippen molar-refractivity contribution in [1.29, 1.82) is 0 Å². The molecule has 0 aliphatic carbocycles. The zero-order valence-electron chi connectivity index (χ0n) is 15.1. The van der Waals surface area contributed by atoms with Crippen LogP contribution >= 0.6 is 0 Å². The Hall–Kier alpha value is -1.85. The Labute approximate surface area is 149 Å². The van der Waals surface area contributed by atoms with Gasteiger partial charge in [-0.15, -0.1) is 0 Å². The van der Waals surface area contributed by atoms with Crippen molar-refractivity contribution in [2.75, 3.05) is 26.7 Å². The highest BCUT2D eigenvalue weighted by atomic mass is 16.3. The van der Waals surface area contributed by atoms with Crippen LogP contribution in [0, 0.1) is 0 Å². The Morgan fingerprint density at radius 2 is 2.20 bits per heavy atom. The SMILES string of the molecule is CC(c1cc2ccccc2o1)N(C)C(=O)CN1CCCCC1CCO. The average Bonchev–Trinajstić information content (AvgIpc) is 3.06. The predicted molar refractivity (Wildman–Crippen MR) is 98.3 cm³/mol. The number of benzene rings is 1. The number of aliphatic hydroxyl groups excluding tert-OH is 1. The molecule has 0 radical (unpaired) electrons. The largest absolute Gasteiger partial charge is 0.459 e. The van der Waals surface area contributed by atoms with Gasteiger partial charge in [0.25, 0.3) is 0 Å². The van der Waals surface area contributed by atoms with Crippen molar-refractivity contribution in [3.05, 3.63) is 36.1 Å². The van der Waals surface area contributed by atoms with Crippen molar-refractivity contribution in [2.24, 2.45) is 0 Å². The second-order valence-corrected chi connectivity index (χ2v) is 7.00. The third-order valence-electron chi connectivity index (χ3n) is 5.38. The van der Waals surface area contributed by atoms with Gasteiger partial charge in [0.15, 0.2) is 0 Å². The monoisotopic (exact) mass is 344 g/mol. The molecule has 5 heteroatoms. The second-order valence-electron chi connectivity index (χ2n) is 7.00. The molecule has 1 N–H and O–H groups in total. The lowest BCUT2D eigenvalue weighted by Gasteiger charge is -2.36. The summed E-state index contributed by atoms with van der Waals surface area (Å²) in [5.74, 6) is 0.903. The van der Waals surface area contributed by atoms with Crippen LogP contribution in [0.2, 0.25) is 0 Å². The van der Waals surface area contributed by atoms with Crippen LogP contribution in [0.4, 0.5) is 0 Å². The average molecular weight is 344 g/mol. The molecule has 2 unspecified atom stereocenters. The van der Waals surface area contributed by atoms with Gasteiger partial charge in [-0.3, -0.25) is 9.69 Å². The molecule has 2 heterocycles. The van der Waals surface area contributed by atoms with Crippen LogP contribution in [0.5, 0.6) is 0 Å². The summed E-state index contributed by atoms with van der Waals surface area (Å²) >= 11 is 0. The Bertz CT molecular complexity index is 677. The lowest BCUT2D eigenvalue weighted by atomic mass is 9.99. The van der Waals surface area contributed by atoms with E-state index in [9.17, 15) is 9.90 Å². The summed E-state index contributed by atoms with van der Waals surface area (Å²) in [4.78, 5) is 16.8. The first-order valence-corrected chi connectivity index (χ1v) is 9.19. The van der Waals surface area contributed by atoms with Gasteiger partial charge in [0.2, 0.25) is 5.91 Å². The van der Waals surface area contributed by atoms with Gasteiger partial charge in [-0.05, 0) is 44.9 Å². The number of hydrogen-bond donors (Lipinski definition) is 1. The minimum Gasteiger partial charge on any atom is -0.459 e. The highest BCUT2D eigenvalue weighted by Crippen LogP contribution is 2.27. The second kappa shape index (κ2) is 8.02. The maximum Gasteiger partial charge on any atom is 0.237 e. The van der Waals surface area contributed by atoms with Crippen LogP contribution in [0.25, 0.3) is 11.0 Å². The van der Waals surface area contributed by atoms with Crippen LogP contribution in [0.1, 0.15) is 44.4 Å². The zero-order chi connectivity index (χ0) is 17.8. The minimum absolute atomic E-state index is 0.0952. The molecular formula is C20H28N2O3. The van der Waals surface area contributed by atoms with E-state index in [1.54, 1.807) is 4.90 Å². The lowest BCUT2D eigenvalue weighted by molar-refractivity contribution is -0.134. The summed E-state index contributed by atoms with van der Waals surface area (Å²) in [7, 11) is 1.84. The maximum atomic E-state index is 12.8. The highest BCUT2D eigenvalue weighted by Gasteiger charge is 2.27. The number of fused-ring (bicyclic) bond motifs is 1.